The summed E-state index contributed by atoms with van der Waals surface area (Å²) in [7, 11) is 0. The lowest BCUT2D eigenvalue weighted by molar-refractivity contribution is -0.129. The van der Waals surface area contributed by atoms with Crippen molar-refractivity contribution in [2.75, 3.05) is 6.54 Å². The molecule has 1 aliphatic carbocycles. The maximum absolute atomic E-state index is 12.5. The second kappa shape index (κ2) is 5.02. The molecule has 4 nitrogen and oxygen atoms in total. The van der Waals surface area contributed by atoms with Crippen LogP contribution in [0, 0.1) is 19.8 Å². The fraction of sp³-hybridized carbons (Fsp3) is 0.588. The molecule has 1 fully saturated rings. The lowest BCUT2D eigenvalue weighted by Gasteiger charge is -2.30. The van der Waals surface area contributed by atoms with Gasteiger partial charge in [0.05, 0.1) is 5.54 Å². The van der Waals surface area contributed by atoms with Crippen molar-refractivity contribution in [1.29, 1.82) is 0 Å². The highest BCUT2D eigenvalue weighted by Crippen LogP contribution is 2.39. The molecule has 2 aliphatic rings. The Balaban J connectivity index is 1.70. The fourth-order valence-electron chi connectivity index (χ4n) is 3.06. The lowest BCUT2D eigenvalue weighted by atomic mass is 9.95. The van der Waals surface area contributed by atoms with E-state index in [1.807, 2.05) is 13.0 Å². The van der Waals surface area contributed by atoms with E-state index >= 15 is 0 Å². The zero-order valence-corrected chi connectivity index (χ0v) is 13.0. The van der Waals surface area contributed by atoms with E-state index in [9.17, 15) is 4.79 Å². The number of benzene rings is 1. The van der Waals surface area contributed by atoms with Gasteiger partial charge in [0.15, 0.2) is 6.10 Å². The Labute approximate surface area is 126 Å². The van der Waals surface area contributed by atoms with Crippen molar-refractivity contribution in [3.05, 3.63) is 28.8 Å². The van der Waals surface area contributed by atoms with Crippen LogP contribution < -0.4 is 15.8 Å². The predicted molar refractivity (Wildman–Crippen MR) is 82.4 cm³/mol. The quantitative estimate of drug-likeness (QED) is 0.888. The first kappa shape index (κ1) is 14.4. The smallest absolute Gasteiger partial charge is 0.261 e. The van der Waals surface area contributed by atoms with Gasteiger partial charge in [-0.25, -0.2) is 0 Å². The maximum atomic E-state index is 12.5. The third-order valence-electron chi connectivity index (χ3n) is 4.95. The number of hydrogen-bond acceptors (Lipinski definition) is 3. The van der Waals surface area contributed by atoms with E-state index in [1.54, 1.807) is 0 Å². The third-order valence-corrected chi connectivity index (χ3v) is 4.95. The number of ether oxygens (including phenoxy) is 1. The molecule has 0 spiro atoms. The number of carbonyl (C=O) groups excluding carboxylic acids is 1. The van der Waals surface area contributed by atoms with Crippen molar-refractivity contribution < 1.29 is 9.53 Å². The predicted octanol–water partition coefficient (Wildman–Crippen LogP) is 1.85. The Morgan fingerprint density at radius 1 is 1.38 bits per heavy atom. The summed E-state index contributed by atoms with van der Waals surface area (Å²) in [6.45, 7) is 6.66. The molecule has 4 heteroatoms. The van der Waals surface area contributed by atoms with Gasteiger partial charge in [0.25, 0.3) is 5.91 Å². The lowest BCUT2D eigenvalue weighted by Crippen LogP contribution is -2.56. The maximum Gasteiger partial charge on any atom is 0.261 e. The second-order valence-corrected chi connectivity index (χ2v) is 6.74. The van der Waals surface area contributed by atoms with Crippen LogP contribution in [0.5, 0.6) is 5.75 Å². The van der Waals surface area contributed by atoms with E-state index in [0.717, 1.165) is 24.2 Å². The molecule has 1 aliphatic heterocycles. The summed E-state index contributed by atoms with van der Waals surface area (Å²) in [5.74, 6) is 1.32. The molecular weight excluding hydrogens is 264 g/mol. The van der Waals surface area contributed by atoms with Crippen LogP contribution in [0.25, 0.3) is 0 Å². The Bertz CT molecular complexity index is 549. The van der Waals surface area contributed by atoms with Gasteiger partial charge in [-0.15, -0.1) is 0 Å². The molecule has 1 amide bonds. The molecule has 0 saturated heterocycles. The second-order valence-electron chi connectivity index (χ2n) is 6.74. The third kappa shape index (κ3) is 2.64. The highest BCUT2D eigenvalue weighted by atomic mass is 16.5. The highest BCUT2D eigenvalue weighted by molar-refractivity contribution is 5.83. The van der Waals surface area contributed by atoms with E-state index in [-0.39, 0.29) is 11.4 Å². The molecule has 0 radical (unpaired) electrons. The van der Waals surface area contributed by atoms with Gasteiger partial charge in [-0.1, -0.05) is 6.07 Å². The van der Waals surface area contributed by atoms with Gasteiger partial charge in [-0.05, 0) is 62.3 Å². The minimum atomic E-state index is -0.425. The van der Waals surface area contributed by atoms with Crippen LogP contribution in [-0.2, 0) is 11.2 Å². The van der Waals surface area contributed by atoms with Crippen molar-refractivity contribution in [1.82, 2.24) is 5.32 Å². The van der Waals surface area contributed by atoms with E-state index in [0.29, 0.717) is 18.9 Å². The van der Waals surface area contributed by atoms with Gasteiger partial charge in [0.2, 0.25) is 0 Å². The molecule has 2 unspecified atom stereocenters. The summed E-state index contributed by atoms with van der Waals surface area (Å²) >= 11 is 0. The highest BCUT2D eigenvalue weighted by Gasteiger charge is 2.43. The van der Waals surface area contributed by atoms with Gasteiger partial charge >= 0.3 is 0 Å². The summed E-state index contributed by atoms with van der Waals surface area (Å²) in [5.41, 5.74) is 9.13. The van der Waals surface area contributed by atoms with Gasteiger partial charge in [0, 0.05) is 13.0 Å². The van der Waals surface area contributed by atoms with Gasteiger partial charge in [-0.2, -0.15) is 0 Å². The number of amides is 1. The molecule has 21 heavy (non-hydrogen) atoms. The molecule has 0 bridgehead atoms. The summed E-state index contributed by atoms with van der Waals surface area (Å²) in [5, 5.41) is 3.12. The van der Waals surface area contributed by atoms with Crippen LogP contribution in [0.4, 0.5) is 0 Å². The number of carbonyl (C=O) groups is 1. The van der Waals surface area contributed by atoms with Crippen LogP contribution in [0.2, 0.25) is 0 Å². The Hall–Kier alpha value is -1.55. The van der Waals surface area contributed by atoms with Crippen LogP contribution in [-0.4, -0.2) is 24.1 Å². The molecule has 1 heterocycles. The van der Waals surface area contributed by atoms with E-state index in [1.165, 1.54) is 11.1 Å². The van der Waals surface area contributed by atoms with Crippen molar-refractivity contribution in [3.63, 3.8) is 0 Å². The summed E-state index contributed by atoms with van der Waals surface area (Å²) in [6.07, 6.45) is 2.52. The largest absolute Gasteiger partial charge is 0.480 e. The molecule has 0 aromatic heterocycles. The number of fused-ring (bicyclic) bond motifs is 1. The van der Waals surface area contributed by atoms with Crippen molar-refractivity contribution in [2.24, 2.45) is 11.7 Å². The minimum absolute atomic E-state index is 0.0404. The standard InChI is InChI=1S/C17H24N2O2/c1-10-6-12-8-15(21-14(12)7-11(10)2)16(20)19-17(3,9-18)13-4-5-13/h6-7,13,15H,4-5,8-9,18H2,1-3H3,(H,19,20). The molecule has 114 valence electrons. The SMILES string of the molecule is Cc1cc2c(cc1C)OC(C(=O)NC(C)(CN)C1CC1)C2. The average Bonchev–Trinajstić information content (AvgIpc) is 3.22. The van der Waals surface area contributed by atoms with Crippen molar-refractivity contribution in [3.8, 4) is 5.75 Å². The summed E-state index contributed by atoms with van der Waals surface area (Å²) in [6, 6.07) is 4.15. The molecule has 1 aromatic rings. The monoisotopic (exact) mass is 288 g/mol. The summed E-state index contributed by atoms with van der Waals surface area (Å²) in [4.78, 5) is 12.5. The first-order valence-corrected chi connectivity index (χ1v) is 7.72. The van der Waals surface area contributed by atoms with Crippen molar-refractivity contribution >= 4 is 5.91 Å². The molecule has 3 rings (SSSR count). The minimum Gasteiger partial charge on any atom is -0.480 e. The molecule has 1 aromatic carbocycles. The number of aryl methyl sites for hydroxylation is 2. The van der Waals surface area contributed by atoms with Crippen LogP contribution >= 0.6 is 0 Å². The summed E-state index contributed by atoms with van der Waals surface area (Å²) < 4.78 is 5.84. The molecule has 3 N–H and O–H groups in total. The normalized spacial score (nSPS) is 23.1. The number of rotatable bonds is 4. The van der Waals surface area contributed by atoms with Gasteiger partial charge in [-0.3, -0.25) is 4.79 Å². The Kier molecular flexibility index (Phi) is 3.44. The molecule has 2 atom stereocenters. The Morgan fingerprint density at radius 3 is 2.67 bits per heavy atom. The van der Waals surface area contributed by atoms with Crippen LogP contribution in [0.3, 0.4) is 0 Å². The van der Waals surface area contributed by atoms with E-state index in [2.05, 4.69) is 25.2 Å². The van der Waals surface area contributed by atoms with Gasteiger partial charge < -0.3 is 15.8 Å². The first-order valence-electron chi connectivity index (χ1n) is 7.72. The van der Waals surface area contributed by atoms with Crippen molar-refractivity contribution in [2.45, 2.75) is 51.7 Å². The number of nitrogens with two attached hydrogens (primary N) is 1. The Morgan fingerprint density at radius 2 is 2.05 bits per heavy atom. The number of hydrogen-bond donors (Lipinski definition) is 2. The van der Waals surface area contributed by atoms with E-state index < -0.39 is 6.10 Å². The molecular formula is C17H24N2O2. The first-order chi connectivity index (χ1) is 9.93. The van der Waals surface area contributed by atoms with Crippen LogP contribution in [0.15, 0.2) is 12.1 Å². The molecule has 1 saturated carbocycles. The number of nitrogens with one attached hydrogen (secondary N) is 1. The topological polar surface area (TPSA) is 64.3 Å². The zero-order chi connectivity index (χ0) is 15.2. The average molecular weight is 288 g/mol. The van der Waals surface area contributed by atoms with Gasteiger partial charge in [0.1, 0.15) is 5.75 Å². The van der Waals surface area contributed by atoms with Crippen LogP contribution in [0.1, 0.15) is 36.5 Å². The fourth-order valence-corrected chi connectivity index (χ4v) is 3.06. The zero-order valence-electron chi connectivity index (χ0n) is 13.0. The van der Waals surface area contributed by atoms with E-state index in [4.69, 9.17) is 10.5 Å².